The van der Waals surface area contributed by atoms with Crippen LogP contribution in [-0.4, -0.2) is 37.2 Å². The molecular weight excluding hydrogens is 913 g/mol. The fourth-order valence-electron chi connectivity index (χ4n) is 9.73. The topological polar surface area (TPSA) is 78.9 Å². The number of hydrogen-bond donors (Lipinski definition) is 0. The Bertz CT molecular complexity index is 1280. The summed E-state index contributed by atoms with van der Waals surface area (Å²) in [5, 5.41) is 0. The van der Waals surface area contributed by atoms with Crippen molar-refractivity contribution in [1.82, 2.24) is 0 Å². The minimum atomic E-state index is -0.791. The van der Waals surface area contributed by atoms with Gasteiger partial charge in [0.05, 0.1) is 0 Å². The quantitative estimate of drug-likeness (QED) is 0.0261. The summed E-state index contributed by atoms with van der Waals surface area (Å²) >= 11 is 0. The first-order chi connectivity index (χ1) is 36.5. The van der Waals surface area contributed by atoms with E-state index in [2.05, 4.69) is 69.4 Å². The highest BCUT2D eigenvalue weighted by molar-refractivity contribution is 5.71. The Hall–Kier alpha value is -2.63. The highest BCUT2D eigenvalue weighted by atomic mass is 16.6. The monoisotopic (exact) mass is 1040 g/mol. The summed E-state index contributed by atoms with van der Waals surface area (Å²) in [6.45, 7) is 6.54. The van der Waals surface area contributed by atoms with Crippen molar-refractivity contribution in [3.63, 3.8) is 0 Å². The van der Waals surface area contributed by atoms with E-state index in [9.17, 15) is 14.4 Å². The Morgan fingerprint density at radius 3 is 0.824 bits per heavy atom. The summed E-state index contributed by atoms with van der Waals surface area (Å²) in [4.78, 5) is 38.2. The zero-order valence-corrected chi connectivity index (χ0v) is 49.6. The number of carbonyl (C=O) groups excluding carboxylic acids is 3. The second-order valence-corrected chi connectivity index (χ2v) is 22.0. The molecule has 0 spiro atoms. The smallest absolute Gasteiger partial charge is 0.306 e. The van der Waals surface area contributed by atoms with Gasteiger partial charge in [0.1, 0.15) is 13.2 Å². The lowest BCUT2D eigenvalue weighted by molar-refractivity contribution is -0.167. The Morgan fingerprint density at radius 2 is 0.527 bits per heavy atom. The fourth-order valence-corrected chi connectivity index (χ4v) is 9.73. The summed E-state index contributed by atoms with van der Waals surface area (Å²) in [5.74, 6) is -0.908. The molecule has 432 valence electrons. The van der Waals surface area contributed by atoms with Crippen LogP contribution in [0.3, 0.4) is 0 Å². The molecule has 0 N–H and O–H groups in total. The zero-order valence-electron chi connectivity index (χ0n) is 49.6. The van der Waals surface area contributed by atoms with Gasteiger partial charge in [-0.15, -0.1) is 0 Å². The molecule has 1 unspecified atom stereocenters. The number of hydrogen-bond acceptors (Lipinski definition) is 6. The maximum atomic E-state index is 12.8. The van der Waals surface area contributed by atoms with Gasteiger partial charge in [-0.3, -0.25) is 14.4 Å². The number of carbonyl (C=O) groups is 3. The van der Waals surface area contributed by atoms with E-state index in [-0.39, 0.29) is 37.5 Å². The lowest BCUT2D eigenvalue weighted by atomic mass is 10.0. The van der Waals surface area contributed by atoms with Gasteiger partial charge in [-0.25, -0.2) is 0 Å². The van der Waals surface area contributed by atoms with Crippen LogP contribution in [0.2, 0.25) is 0 Å². The molecule has 0 saturated heterocycles. The Balaban J connectivity index is 4.16. The molecule has 6 nitrogen and oxygen atoms in total. The molecule has 0 aromatic rings. The second-order valence-electron chi connectivity index (χ2n) is 22.0. The summed E-state index contributed by atoms with van der Waals surface area (Å²) in [6, 6.07) is 0. The molecule has 0 bridgehead atoms. The van der Waals surface area contributed by atoms with E-state index in [1.807, 2.05) is 0 Å². The predicted molar refractivity (Wildman–Crippen MR) is 321 cm³/mol. The van der Waals surface area contributed by atoms with Gasteiger partial charge in [0.2, 0.25) is 0 Å². The van der Waals surface area contributed by atoms with Crippen molar-refractivity contribution in [3.8, 4) is 0 Å². The maximum Gasteiger partial charge on any atom is 0.306 e. The molecule has 0 radical (unpaired) electrons. The van der Waals surface area contributed by atoms with E-state index in [0.29, 0.717) is 19.3 Å². The van der Waals surface area contributed by atoms with Crippen molar-refractivity contribution in [1.29, 1.82) is 0 Å². The van der Waals surface area contributed by atoms with Gasteiger partial charge < -0.3 is 14.2 Å². The van der Waals surface area contributed by atoms with Crippen LogP contribution >= 0.6 is 0 Å². The van der Waals surface area contributed by atoms with Crippen molar-refractivity contribution in [2.75, 3.05) is 13.2 Å². The van der Waals surface area contributed by atoms with Crippen LogP contribution in [0.25, 0.3) is 0 Å². The number of esters is 3. The van der Waals surface area contributed by atoms with E-state index >= 15 is 0 Å². The highest BCUT2D eigenvalue weighted by Gasteiger charge is 2.19. The molecule has 6 heteroatoms. The van der Waals surface area contributed by atoms with Crippen molar-refractivity contribution >= 4 is 17.9 Å². The second kappa shape index (κ2) is 62.9. The third kappa shape index (κ3) is 60.2. The van der Waals surface area contributed by atoms with Gasteiger partial charge in [0, 0.05) is 19.3 Å². The van der Waals surface area contributed by atoms with Crippen molar-refractivity contribution in [3.05, 3.63) is 48.6 Å². The molecule has 0 fully saturated rings. The van der Waals surface area contributed by atoms with Crippen LogP contribution in [0, 0.1) is 0 Å². The van der Waals surface area contributed by atoms with Crippen LogP contribution < -0.4 is 0 Å². The molecule has 0 aromatic carbocycles. The average molecular weight is 1040 g/mol. The largest absolute Gasteiger partial charge is 0.462 e. The lowest BCUT2D eigenvalue weighted by Gasteiger charge is -2.18. The molecule has 74 heavy (non-hydrogen) atoms. The van der Waals surface area contributed by atoms with Crippen LogP contribution in [0.1, 0.15) is 348 Å². The van der Waals surface area contributed by atoms with Crippen molar-refractivity contribution < 1.29 is 28.6 Å². The predicted octanol–water partition coefficient (Wildman–Crippen LogP) is 22.2. The van der Waals surface area contributed by atoms with Gasteiger partial charge in [-0.05, 0) is 57.8 Å². The minimum absolute atomic E-state index is 0.0853. The first-order valence-electron chi connectivity index (χ1n) is 32.6. The molecule has 0 amide bonds. The van der Waals surface area contributed by atoms with Crippen LogP contribution in [0.4, 0.5) is 0 Å². The van der Waals surface area contributed by atoms with Crippen molar-refractivity contribution in [2.45, 2.75) is 354 Å². The van der Waals surface area contributed by atoms with Crippen LogP contribution in [-0.2, 0) is 28.6 Å². The normalized spacial score (nSPS) is 12.3. The summed E-state index contributed by atoms with van der Waals surface area (Å²) in [6.07, 6.45) is 78.6. The Kier molecular flexibility index (Phi) is 60.7. The number of allylic oxidation sites excluding steroid dienone is 8. The lowest BCUT2D eigenvalue weighted by Crippen LogP contribution is -2.30. The SMILES string of the molecule is CC/C=C\C/C=C\C/C=C\C/C=C\CCCCC(=O)OC(COC(=O)CCCCCCCCCCCCCC)COC(=O)CCCCCCCCCCCCCCCCCCCCCCCCCCCCCCC. The molecule has 0 rings (SSSR count). The van der Waals surface area contributed by atoms with Gasteiger partial charge in [0.25, 0.3) is 0 Å². The van der Waals surface area contributed by atoms with Gasteiger partial charge in [0.15, 0.2) is 6.10 Å². The summed E-state index contributed by atoms with van der Waals surface area (Å²) in [7, 11) is 0. The third-order valence-electron chi connectivity index (χ3n) is 14.6. The number of unbranched alkanes of at least 4 members (excludes halogenated alkanes) is 41. The molecule has 0 aliphatic rings. The zero-order chi connectivity index (χ0) is 53.6. The van der Waals surface area contributed by atoms with E-state index in [1.165, 1.54) is 225 Å². The number of ether oxygens (including phenoxy) is 3. The summed E-state index contributed by atoms with van der Waals surface area (Å²) < 4.78 is 16.9. The molecule has 0 aliphatic carbocycles. The molecule has 0 aliphatic heterocycles. The molecule has 0 heterocycles. The van der Waals surface area contributed by atoms with Crippen molar-refractivity contribution in [2.24, 2.45) is 0 Å². The van der Waals surface area contributed by atoms with E-state index in [1.54, 1.807) is 0 Å². The first kappa shape index (κ1) is 71.4. The fraction of sp³-hybridized carbons (Fsp3) is 0.838. The maximum absolute atomic E-state index is 12.8. The molecule has 0 aromatic heterocycles. The van der Waals surface area contributed by atoms with Crippen LogP contribution in [0.5, 0.6) is 0 Å². The highest BCUT2D eigenvalue weighted by Crippen LogP contribution is 2.18. The summed E-state index contributed by atoms with van der Waals surface area (Å²) in [5.41, 5.74) is 0. The van der Waals surface area contributed by atoms with E-state index in [0.717, 1.165) is 77.0 Å². The third-order valence-corrected chi connectivity index (χ3v) is 14.6. The number of rotatable bonds is 60. The van der Waals surface area contributed by atoms with Gasteiger partial charge in [-0.2, -0.15) is 0 Å². The van der Waals surface area contributed by atoms with Gasteiger partial charge >= 0.3 is 17.9 Å². The minimum Gasteiger partial charge on any atom is -0.462 e. The molecule has 0 saturated carbocycles. The standard InChI is InChI=1S/C68H124O6/c1-4-7-10-13-16-19-22-25-27-28-29-30-31-32-33-34-35-36-37-38-39-40-42-43-46-49-52-55-58-61-67(70)73-64-65(63-72-66(69)60-57-54-51-48-45-24-21-18-15-12-9-6-3)74-68(71)62-59-56-53-50-47-44-41-26-23-20-17-14-11-8-5-2/h8,11,17,20,26,41,47,50,65H,4-7,9-10,12-16,18-19,21-25,27-40,42-46,48-49,51-64H2,1-3H3/b11-8-,20-17-,41-26-,50-47-. The molecular formula is C68H124O6. The Morgan fingerprint density at radius 1 is 0.284 bits per heavy atom. The van der Waals surface area contributed by atoms with E-state index < -0.39 is 6.10 Å². The van der Waals surface area contributed by atoms with E-state index in [4.69, 9.17) is 14.2 Å². The van der Waals surface area contributed by atoms with Gasteiger partial charge in [-0.1, -0.05) is 320 Å². The molecule has 1 atom stereocenters. The Labute approximate surface area is 460 Å². The van der Waals surface area contributed by atoms with Crippen LogP contribution in [0.15, 0.2) is 48.6 Å². The first-order valence-corrected chi connectivity index (χ1v) is 32.6. The average Bonchev–Trinajstić information content (AvgIpc) is 3.40.